The SMILES string of the molecule is CCc1ccc(S(=O)(=O)N2CCC(C(=O)N3CCc4ccccc43)CC2)cc1. The fourth-order valence-electron chi connectivity index (χ4n) is 4.18. The molecule has 0 atom stereocenters. The van der Waals surface area contributed by atoms with E-state index in [1.165, 1.54) is 9.87 Å². The fourth-order valence-corrected chi connectivity index (χ4v) is 5.65. The number of sulfonamides is 1. The van der Waals surface area contributed by atoms with Crippen LogP contribution in [-0.2, 0) is 27.7 Å². The van der Waals surface area contributed by atoms with Gasteiger partial charge in [-0.15, -0.1) is 0 Å². The van der Waals surface area contributed by atoms with Gasteiger partial charge in [-0.1, -0.05) is 37.3 Å². The first-order chi connectivity index (χ1) is 13.5. The number of anilines is 1. The van der Waals surface area contributed by atoms with Crippen LogP contribution in [0.2, 0.25) is 0 Å². The number of hydrogen-bond donors (Lipinski definition) is 0. The Bertz CT molecular complexity index is 962. The van der Waals surface area contributed by atoms with E-state index >= 15 is 0 Å². The van der Waals surface area contributed by atoms with Crippen LogP contribution in [0.3, 0.4) is 0 Å². The number of hydrogen-bond acceptors (Lipinski definition) is 3. The van der Waals surface area contributed by atoms with Crippen molar-refractivity contribution in [3.63, 3.8) is 0 Å². The second-order valence-corrected chi connectivity index (χ2v) is 9.48. The van der Waals surface area contributed by atoms with Gasteiger partial charge in [0.05, 0.1) is 4.90 Å². The molecule has 148 valence electrons. The number of piperidine rings is 1. The van der Waals surface area contributed by atoms with Gasteiger partial charge in [-0.25, -0.2) is 8.42 Å². The predicted molar refractivity (Wildman–Crippen MR) is 110 cm³/mol. The second kappa shape index (κ2) is 7.68. The highest BCUT2D eigenvalue weighted by Gasteiger charge is 2.35. The molecular weight excluding hydrogens is 372 g/mol. The predicted octanol–water partition coefficient (Wildman–Crippen LogP) is 3.24. The Labute approximate surface area is 167 Å². The minimum Gasteiger partial charge on any atom is -0.312 e. The number of carbonyl (C=O) groups is 1. The van der Waals surface area contributed by atoms with Gasteiger partial charge in [0.1, 0.15) is 0 Å². The van der Waals surface area contributed by atoms with Crippen molar-refractivity contribution in [3.8, 4) is 0 Å². The monoisotopic (exact) mass is 398 g/mol. The Morgan fingerprint density at radius 2 is 1.68 bits per heavy atom. The van der Waals surface area contributed by atoms with Gasteiger partial charge in [0, 0.05) is 31.2 Å². The van der Waals surface area contributed by atoms with Gasteiger partial charge < -0.3 is 4.90 Å². The summed E-state index contributed by atoms with van der Waals surface area (Å²) in [6, 6.07) is 15.1. The zero-order valence-electron chi connectivity index (χ0n) is 16.2. The second-order valence-electron chi connectivity index (χ2n) is 7.54. The van der Waals surface area contributed by atoms with E-state index in [0.29, 0.717) is 30.8 Å². The summed E-state index contributed by atoms with van der Waals surface area (Å²) >= 11 is 0. The number of amides is 1. The minimum absolute atomic E-state index is 0.111. The van der Waals surface area contributed by atoms with Gasteiger partial charge in [-0.3, -0.25) is 4.79 Å². The van der Waals surface area contributed by atoms with Gasteiger partial charge in [-0.2, -0.15) is 4.31 Å². The Morgan fingerprint density at radius 1 is 1.00 bits per heavy atom. The average Bonchev–Trinajstić information content (AvgIpc) is 3.17. The smallest absolute Gasteiger partial charge is 0.243 e. The molecule has 2 aliphatic rings. The van der Waals surface area contributed by atoms with Crippen LogP contribution in [-0.4, -0.2) is 38.3 Å². The van der Waals surface area contributed by atoms with E-state index < -0.39 is 10.0 Å². The summed E-state index contributed by atoms with van der Waals surface area (Å²) in [5.41, 5.74) is 3.35. The molecule has 2 aromatic carbocycles. The number of aryl methyl sites for hydroxylation is 1. The maximum Gasteiger partial charge on any atom is 0.243 e. The van der Waals surface area contributed by atoms with Crippen molar-refractivity contribution in [3.05, 3.63) is 59.7 Å². The number of carbonyl (C=O) groups excluding carboxylic acids is 1. The lowest BCUT2D eigenvalue weighted by Crippen LogP contribution is -2.44. The highest BCUT2D eigenvalue weighted by atomic mass is 32.2. The molecule has 28 heavy (non-hydrogen) atoms. The Balaban J connectivity index is 1.42. The van der Waals surface area contributed by atoms with Crippen LogP contribution in [0.5, 0.6) is 0 Å². The molecule has 4 rings (SSSR count). The zero-order chi connectivity index (χ0) is 19.7. The van der Waals surface area contributed by atoms with E-state index in [1.54, 1.807) is 12.1 Å². The molecule has 0 unspecified atom stereocenters. The van der Waals surface area contributed by atoms with E-state index in [4.69, 9.17) is 0 Å². The van der Waals surface area contributed by atoms with Crippen molar-refractivity contribution in [2.24, 2.45) is 5.92 Å². The lowest BCUT2D eigenvalue weighted by Gasteiger charge is -2.32. The van der Waals surface area contributed by atoms with Crippen LogP contribution in [0, 0.1) is 5.92 Å². The summed E-state index contributed by atoms with van der Waals surface area (Å²) in [5, 5.41) is 0. The molecule has 2 heterocycles. The minimum atomic E-state index is -3.50. The van der Waals surface area contributed by atoms with Crippen LogP contribution in [0.15, 0.2) is 53.4 Å². The van der Waals surface area contributed by atoms with Crippen LogP contribution < -0.4 is 4.90 Å². The Morgan fingerprint density at radius 3 is 2.36 bits per heavy atom. The summed E-state index contributed by atoms with van der Waals surface area (Å²) in [6.45, 7) is 3.55. The lowest BCUT2D eigenvalue weighted by molar-refractivity contribution is -0.123. The molecule has 0 N–H and O–H groups in total. The van der Waals surface area contributed by atoms with Gasteiger partial charge in [0.2, 0.25) is 15.9 Å². The highest BCUT2D eigenvalue weighted by molar-refractivity contribution is 7.89. The molecular formula is C22H26N2O3S. The fraction of sp³-hybridized carbons (Fsp3) is 0.409. The topological polar surface area (TPSA) is 57.7 Å². The molecule has 1 amide bonds. The Kier molecular flexibility index (Phi) is 5.25. The van der Waals surface area contributed by atoms with E-state index in [9.17, 15) is 13.2 Å². The number of rotatable bonds is 4. The summed E-state index contributed by atoms with van der Waals surface area (Å²) < 4.78 is 27.4. The first kappa shape index (κ1) is 19.2. The van der Waals surface area contributed by atoms with Gasteiger partial charge in [0.25, 0.3) is 0 Å². The molecule has 0 saturated carbocycles. The third kappa shape index (κ3) is 3.47. The summed E-state index contributed by atoms with van der Waals surface area (Å²) in [5.74, 6) is 0.0226. The van der Waals surface area contributed by atoms with Gasteiger partial charge >= 0.3 is 0 Å². The van der Waals surface area contributed by atoms with Gasteiger partial charge in [0.15, 0.2) is 0 Å². The molecule has 0 radical (unpaired) electrons. The molecule has 0 aliphatic carbocycles. The molecule has 6 heteroatoms. The van der Waals surface area contributed by atoms with E-state index in [2.05, 4.69) is 6.07 Å². The molecule has 2 aromatic rings. The molecule has 5 nitrogen and oxygen atoms in total. The van der Waals surface area contributed by atoms with Crippen molar-refractivity contribution in [1.29, 1.82) is 0 Å². The van der Waals surface area contributed by atoms with Crippen molar-refractivity contribution < 1.29 is 13.2 Å². The van der Waals surface area contributed by atoms with Gasteiger partial charge in [-0.05, 0) is 55.0 Å². The normalized spacial score (nSPS) is 18.2. The standard InChI is InChI=1S/C22H26N2O3S/c1-2-17-7-9-20(10-8-17)28(26,27)23-14-11-19(12-15-23)22(25)24-16-13-18-5-3-4-6-21(18)24/h3-10,19H,2,11-16H2,1H3. The molecule has 0 spiro atoms. The maximum absolute atomic E-state index is 13.0. The zero-order valence-corrected chi connectivity index (χ0v) is 17.0. The number of fused-ring (bicyclic) bond motifs is 1. The first-order valence-electron chi connectivity index (χ1n) is 9.99. The molecule has 1 fully saturated rings. The third-order valence-electron chi connectivity index (χ3n) is 5.93. The molecule has 0 aromatic heterocycles. The van der Waals surface area contributed by atoms with Crippen molar-refractivity contribution >= 4 is 21.6 Å². The Hall–Kier alpha value is -2.18. The largest absolute Gasteiger partial charge is 0.312 e. The van der Waals surface area contributed by atoms with E-state index in [-0.39, 0.29) is 11.8 Å². The number of nitrogens with zero attached hydrogens (tertiary/aromatic N) is 2. The summed E-state index contributed by atoms with van der Waals surface area (Å²) in [6.07, 6.45) is 2.92. The third-order valence-corrected chi connectivity index (χ3v) is 7.84. The molecule has 1 saturated heterocycles. The van der Waals surface area contributed by atoms with E-state index in [0.717, 1.165) is 30.6 Å². The van der Waals surface area contributed by atoms with Crippen LogP contribution in [0.1, 0.15) is 30.9 Å². The average molecular weight is 399 g/mol. The van der Waals surface area contributed by atoms with Crippen LogP contribution >= 0.6 is 0 Å². The highest BCUT2D eigenvalue weighted by Crippen LogP contribution is 2.32. The lowest BCUT2D eigenvalue weighted by atomic mass is 9.96. The number of benzene rings is 2. The first-order valence-corrected chi connectivity index (χ1v) is 11.4. The van der Waals surface area contributed by atoms with Crippen LogP contribution in [0.25, 0.3) is 0 Å². The maximum atomic E-state index is 13.0. The quantitative estimate of drug-likeness (QED) is 0.794. The van der Waals surface area contributed by atoms with Crippen molar-refractivity contribution in [2.45, 2.75) is 37.5 Å². The summed E-state index contributed by atoms with van der Waals surface area (Å²) in [7, 11) is -3.50. The van der Waals surface area contributed by atoms with E-state index in [1.807, 2.05) is 42.2 Å². The molecule has 2 aliphatic heterocycles. The number of para-hydroxylation sites is 1. The molecule has 0 bridgehead atoms. The van der Waals surface area contributed by atoms with Crippen molar-refractivity contribution in [1.82, 2.24) is 4.31 Å². The summed E-state index contributed by atoms with van der Waals surface area (Å²) in [4.78, 5) is 15.2. The van der Waals surface area contributed by atoms with Crippen LogP contribution in [0.4, 0.5) is 5.69 Å². The van der Waals surface area contributed by atoms with Crippen molar-refractivity contribution in [2.75, 3.05) is 24.5 Å².